The lowest BCUT2D eigenvalue weighted by Gasteiger charge is -2.36. The number of terminal acetylenes is 1. The van der Waals surface area contributed by atoms with Crippen molar-refractivity contribution in [1.29, 1.82) is 0 Å². The van der Waals surface area contributed by atoms with Crippen molar-refractivity contribution < 1.29 is 4.79 Å². The average molecular weight is 235 g/mol. The van der Waals surface area contributed by atoms with E-state index in [4.69, 9.17) is 6.42 Å². The van der Waals surface area contributed by atoms with Crippen LogP contribution in [0.5, 0.6) is 0 Å². The van der Waals surface area contributed by atoms with Crippen LogP contribution in [0.25, 0.3) is 0 Å². The monoisotopic (exact) mass is 235 g/mol. The summed E-state index contributed by atoms with van der Waals surface area (Å²) in [5.74, 6) is 3.26. The van der Waals surface area contributed by atoms with Gasteiger partial charge >= 0.3 is 0 Å². The number of piperidine rings is 1. The highest BCUT2D eigenvalue weighted by atomic mass is 16.2. The van der Waals surface area contributed by atoms with Crippen molar-refractivity contribution >= 4 is 5.91 Å². The molecule has 0 saturated carbocycles. The first-order valence-corrected chi connectivity index (χ1v) is 6.46. The molecule has 4 nitrogen and oxygen atoms in total. The van der Waals surface area contributed by atoms with Gasteiger partial charge in [-0.1, -0.05) is 5.92 Å². The molecule has 0 radical (unpaired) electrons. The number of carbonyl (C=O) groups excluding carboxylic acids is 1. The summed E-state index contributed by atoms with van der Waals surface area (Å²) in [4.78, 5) is 16.5. The van der Waals surface area contributed by atoms with Crippen molar-refractivity contribution in [3.05, 3.63) is 0 Å². The normalized spacial score (nSPS) is 23.4. The minimum Gasteiger partial charge on any atom is -0.340 e. The van der Waals surface area contributed by atoms with Gasteiger partial charge < -0.3 is 10.2 Å². The van der Waals surface area contributed by atoms with E-state index in [0.717, 1.165) is 52.1 Å². The largest absolute Gasteiger partial charge is 0.340 e. The van der Waals surface area contributed by atoms with Gasteiger partial charge in [0, 0.05) is 32.1 Å². The predicted octanol–water partition coefficient (Wildman–Crippen LogP) is -0.237. The Hall–Kier alpha value is -1.05. The molecule has 2 aliphatic rings. The number of nitrogens with one attached hydrogen (secondary N) is 1. The summed E-state index contributed by atoms with van der Waals surface area (Å²) in [6, 6.07) is 0. The number of hydrogen-bond acceptors (Lipinski definition) is 3. The van der Waals surface area contributed by atoms with Crippen molar-refractivity contribution in [3.8, 4) is 12.3 Å². The first-order valence-electron chi connectivity index (χ1n) is 6.46. The highest BCUT2D eigenvalue weighted by Gasteiger charge is 2.27. The van der Waals surface area contributed by atoms with Crippen LogP contribution in [0, 0.1) is 18.3 Å². The molecule has 4 heteroatoms. The maximum Gasteiger partial charge on any atom is 0.225 e. The van der Waals surface area contributed by atoms with E-state index in [1.807, 2.05) is 4.90 Å². The van der Waals surface area contributed by atoms with Crippen molar-refractivity contribution in [2.24, 2.45) is 5.92 Å². The molecule has 1 N–H and O–H groups in total. The Morgan fingerprint density at radius 1 is 1.24 bits per heavy atom. The zero-order valence-corrected chi connectivity index (χ0v) is 10.3. The molecular weight excluding hydrogens is 214 g/mol. The molecule has 0 spiro atoms. The lowest BCUT2D eigenvalue weighted by molar-refractivity contribution is -0.138. The van der Waals surface area contributed by atoms with Crippen LogP contribution in [0.2, 0.25) is 0 Å². The van der Waals surface area contributed by atoms with Crippen LogP contribution in [0.1, 0.15) is 12.8 Å². The number of carbonyl (C=O) groups is 1. The summed E-state index contributed by atoms with van der Waals surface area (Å²) in [6.07, 6.45) is 7.27. The molecular formula is C13H21N3O. The summed E-state index contributed by atoms with van der Waals surface area (Å²) in [7, 11) is 0. The highest BCUT2D eigenvalue weighted by molar-refractivity contribution is 5.79. The molecule has 0 atom stereocenters. The first kappa shape index (κ1) is 12.4. The van der Waals surface area contributed by atoms with Crippen LogP contribution in [0.3, 0.4) is 0 Å². The van der Waals surface area contributed by atoms with Crippen molar-refractivity contribution in [3.63, 3.8) is 0 Å². The molecule has 0 aromatic rings. The number of amides is 1. The molecule has 2 fully saturated rings. The minimum absolute atomic E-state index is 0.246. The summed E-state index contributed by atoms with van der Waals surface area (Å²) < 4.78 is 0. The Morgan fingerprint density at radius 3 is 2.47 bits per heavy atom. The van der Waals surface area contributed by atoms with Crippen molar-refractivity contribution in [2.75, 3.05) is 45.8 Å². The van der Waals surface area contributed by atoms with E-state index in [9.17, 15) is 4.79 Å². The Labute approximate surface area is 103 Å². The SMILES string of the molecule is C#CCN1CCN(C(=O)C2CCNCC2)CC1. The van der Waals surface area contributed by atoms with E-state index in [2.05, 4.69) is 16.1 Å². The maximum absolute atomic E-state index is 12.3. The van der Waals surface area contributed by atoms with Crippen LogP contribution in [-0.4, -0.2) is 61.5 Å². The fourth-order valence-corrected chi connectivity index (χ4v) is 2.58. The summed E-state index contributed by atoms with van der Waals surface area (Å²) in [6.45, 7) is 6.17. The topological polar surface area (TPSA) is 35.6 Å². The van der Waals surface area contributed by atoms with E-state index in [0.29, 0.717) is 12.5 Å². The second kappa shape index (κ2) is 6.04. The molecule has 2 aliphatic heterocycles. The number of piperazine rings is 1. The average Bonchev–Trinajstić information content (AvgIpc) is 2.40. The number of rotatable bonds is 2. The zero-order valence-electron chi connectivity index (χ0n) is 10.3. The van der Waals surface area contributed by atoms with E-state index in [1.54, 1.807) is 0 Å². The molecule has 1 amide bonds. The van der Waals surface area contributed by atoms with Gasteiger partial charge in [0.2, 0.25) is 5.91 Å². The highest BCUT2D eigenvalue weighted by Crippen LogP contribution is 2.16. The second-order valence-corrected chi connectivity index (χ2v) is 4.83. The van der Waals surface area contributed by atoms with Gasteiger partial charge in [0.15, 0.2) is 0 Å². The quantitative estimate of drug-likeness (QED) is 0.671. The summed E-state index contributed by atoms with van der Waals surface area (Å²) >= 11 is 0. The molecule has 2 saturated heterocycles. The molecule has 2 rings (SSSR count). The Morgan fingerprint density at radius 2 is 1.88 bits per heavy atom. The molecule has 0 aromatic carbocycles. The van der Waals surface area contributed by atoms with Crippen LogP contribution < -0.4 is 5.32 Å². The third kappa shape index (κ3) is 3.21. The predicted molar refractivity (Wildman–Crippen MR) is 67.4 cm³/mol. The lowest BCUT2D eigenvalue weighted by Crippen LogP contribution is -2.51. The fourth-order valence-electron chi connectivity index (χ4n) is 2.58. The van der Waals surface area contributed by atoms with E-state index in [-0.39, 0.29) is 5.92 Å². The molecule has 0 bridgehead atoms. The number of nitrogens with zero attached hydrogens (tertiary/aromatic N) is 2. The minimum atomic E-state index is 0.246. The van der Waals surface area contributed by atoms with E-state index < -0.39 is 0 Å². The van der Waals surface area contributed by atoms with Crippen molar-refractivity contribution in [1.82, 2.24) is 15.1 Å². The van der Waals surface area contributed by atoms with E-state index in [1.165, 1.54) is 0 Å². The second-order valence-electron chi connectivity index (χ2n) is 4.83. The molecule has 0 aromatic heterocycles. The summed E-state index contributed by atoms with van der Waals surface area (Å²) in [5.41, 5.74) is 0. The zero-order chi connectivity index (χ0) is 12.1. The van der Waals surface area contributed by atoms with Crippen LogP contribution in [0.15, 0.2) is 0 Å². The van der Waals surface area contributed by atoms with Gasteiger partial charge in [-0.15, -0.1) is 6.42 Å². The fraction of sp³-hybridized carbons (Fsp3) is 0.769. The van der Waals surface area contributed by atoms with Crippen LogP contribution >= 0.6 is 0 Å². The third-order valence-electron chi connectivity index (χ3n) is 3.69. The van der Waals surface area contributed by atoms with Gasteiger partial charge in [-0.3, -0.25) is 9.69 Å². The standard InChI is InChI=1S/C13H21N3O/c1-2-7-15-8-10-16(11-9-15)13(17)12-3-5-14-6-4-12/h1,12,14H,3-11H2. The van der Waals surface area contributed by atoms with Crippen LogP contribution in [0.4, 0.5) is 0 Å². The van der Waals surface area contributed by atoms with Gasteiger partial charge in [0.25, 0.3) is 0 Å². The third-order valence-corrected chi connectivity index (χ3v) is 3.69. The van der Waals surface area contributed by atoms with Crippen LogP contribution in [-0.2, 0) is 4.79 Å². The van der Waals surface area contributed by atoms with Gasteiger partial charge in [0.05, 0.1) is 6.54 Å². The molecule has 0 unspecified atom stereocenters. The Balaban J connectivity index is 1.79. The van der Waals surface area contributed by atoms with Gasteiger partial charge in [-0.05, 0) is 25.9 Å². The number of hydrogen-bond donors (Lipinski definition) is 1. The molecule has 2 heterocycles. The molecule has 17 heavy (non-hydrogen) atoms. The molecule has 0 aliphatic carbocycles. The molecule has 94 valence electrons. The van der Waals surface area contributed by atoms with Gasteiger partial charge in [-0.2, -0.15) is 0 Å². The van der Waals surface area contributed by atoms with E-state index >= 15 is 0 Å². The smallest absolute Gasteiger partial charge is 0.225 e. The van der Waals surface area contributed by atoms with Crippen molar-refractivity contribution in [2.45, 2.75) is 12.8 Å². The lowest BCUT2D eigenvalue weighted by atomic mass is 9.96. The van der Waals surface area contributed by atoms with Gasteiger partial charge in [-0.25, -0.2) is 0 Å². The first-order chi connectivity index (χ1) is 8.31. The Bertz CT molecular complexity index is 296. The summed E-state index contributed by atoms with van der Waals surface area (Å²) in [5, 5.41) is 3.30. The van der Waals surface area contributed by atoms with Gasteiger partial charge in [0.1, 0.15) is 0 Å². The Kier molecular flexibility index (Phi) is 4.41. The maximum atomic E-state index is 12.3.